The number of hydrogen-bond acceptors (Lipinski definition) is 4. The molecule has 1 N–H and O–H groups in total. The van der Waals surface area contributed by atoms with Crippen molar-refractivity contribution in [3.63, 3.8) is 0 Å². The second-order valence-electron chi connectivity index (χ2n) is 8.92. The smallest absolute Gasteiger partial charge is 0.252 e. The number of nitrogens with zero attached hydrogens (tertiary/aromatic N) is 3. The quantitative estimate of drug-likeness (QED) is 0.389. The van der Waals surface area contributed by atoms with Gasteiger partial charge in [-0.05, 0) is 37.5 Å². The summed E-state index contributed by atoms with van der Waals surface area (Å²) >= 11 is 0. The first kappa shape index (κ1) is 24.6. The van der Waals surface area contributed by atoms with E-state index >= 15 is 0 Å². The van der Waals surface area contributed by atoms with Gasteiger partial charge in [-0.2, -0.15) is 0 Å². The van der Waals surface area contributed by atoms with Crippen LogP contribution in [0.1, 0.15) is 33.5 Å². The van der Waals surface area contributed by atoms with Crippen molar-refractivity contribution in [3.05, 3.63) is 117 Å². The minimum absolute atomic E-state index is 0.0103. The van der Waals surface area contributed by atoms with Crippen LogP contribution in [0.3, 0.4) is 0 Å². The lowest BCUT2D eigenvalue weighted by Crippen LogP contribution is -2.30. The molecule has 0 amide bonds. The fourth-order valence-corrected chi connectivity index (χ4v) is 5.33. The number of rotatable bonds is 9. The van der Waals surface area contributed by atoms with Crippen molar-refractivity contribution in [1.29, 1.82) is 0 Å². The first-order valence-corrected chi connectivity index (χ1v) is 13.0. The third-order valence-corrected chi connectivity index (χ3v) is 7.55. The lowest BCUT2D eigenvalue weighted by atomic mass is 10.1. The van der Waals surface area contributed by atoms with Crippen molar-refractivity contribution in [2.45, 2.75) is 45.2 Å². The molecule has 0 fully saturated rings. The summed E-state index contributed by atoms with van der Waals surface area (Å²) in [6.45, 7) is 7.01. The van der Waals surface area contributed by atoms with Crippen molar-refractivity contribution >= 4 is 10.0 Å². The topological polar surface area (TPSA) is 86.0 Å². The minimum Gasteiger partial charge on any atom is -0.330 e. The Balaban J connectivity index is 1.43. The molecule has 7 nitrogen and oxygen atoms in total. The molecule has 0 bridgehead atoms. The van der Waals surface area contributed by atoms with E-state index in [1.807, 2.05) is 42.7 Å². The Morgan fingerprint density at radius 3 is 2.37 bits per heavy atom. The monoisotopic (exact) mass is 490 g/mol. The van der Waals surface area contributed by atoms with Gasteiger partial charge in [0.2, 0.25) is 10.0 Å². The van der Waals surface area contributed by atoms with E-state index in [1.165, 1.54) is 16.2 Å². The second kappa shape index (κ2) is 10.4. The minimum atomic E-state index is -3.83. The Morgan fingerprint density at radius 2 is 1.63 bits per heavy atom. The molecule has 35 heavy (non-hydrogen) atoms. The molecule has 2 heterocycles. The van der Waals surface area contributed by atoms with Crippen LogP contribution in [0.4, 0.5) is 0 Å². The van der Waals surface area contributed by atoms with Gasteiger partial charge in [-0.3, -0.25) is 4.79 Å². The summed E-state index contributed by atoms with van der Waals surface area (Å²) in [4.78, 5) is 16.9. The molecule has 4 aromatic rings. The first-order chi connectivity index (χ1) is 16.7. The predicted octanol–water partition coefficient (Wildman–Crippen LogP) is 3.59. The summed E-state index contributed by atoms with van der Waals surface area (Å²) in [5.41, 5.74) is 5.55. The lowest BCUT2D eigenvalue weighted by Gasteiger charge is -2.13. The number of benzene rings is 2. The summed E-state index contributed by atoms with van der Waals surface area (Å²) < 4.78 is 32.1. The lowest BCUT2D eigenvalue weighted by molar-refractivity contribution is 0.578. The zero-order chi connectivity index (χ0) is 25.0. The third-order valence-electron chi connectivity index (χ3n) is 5.95. The highest BCUT2D eigenvalue weighted by atomic mass is 32.2. The summed E-state index contributed by atoms with van der Waals surface area (Å²) in [5.74, 6) is 0. The molecule has 0 saturated heterocycles. The van der Waals surface area contributed by atoms with Crippen molar-refractivity contribution < 1.29 is 8.42 Å². The maximum absolute atomic E-state index is 13.0. The van der Waals surface area contributed by atoms with Gasteiger partial charge in [-0.15, -0.1) is 0 Å². The normalized spacial score (nSPS) is 11.6. The van der Waals surface area contributed by atoms with E-state index in [4.69, 9.17) is 0 Å². The van der Waals surface area contributed by atoms with Gasteiger partial charge in [-0.25, -0.2) is 18.1 Å². The Bertz CT molecular complexity index is 1490. The maximum Gasteiger partial charge on any atom is 0.252 e. The molecule has 2 aromatic carbocycles. The molecule has 0 radical (unpaired) electrons. The number of sulfonamides is 1. The molecule has 4 rings (SSSR count). The number of pyridine rings is 1. The third kappa shape index (κ3) is 6.15. The number of aryl methyl sites for hydroxylation is 3. The summed E-state index contributed by atoms with van der Waals surface area (Å²) in [7, 11) is -3.83. The van der Waals surface area contributed by atoms with Crippen molar-refractivity contribution in [1.82, 2.24) is 18.8 Å². The summed E-state index contributed by atoms with van der Waals surface area (Å²) in [6.07, 6.45) is 5.59. The van der Waals surface area contributed by atoms with Gasteiger partial charge in [0.05, 0.1) is 17.8 Å². The molecule has 2 aromatic heterocycles. The molecular weight excluding hydrogens is 460 g/mol. The molecular formula is C27H30N4O3S. The van der Waals surface area contributed by atoms with Crippen LogP contribution >= 0.6 is 0 Å². The van der Waals surface area contributed by atoms with Crippen LogP contribution in [-0.4, -0.2) is 29.1 Å². The van der Waals surface area contributed by atoms with Crippen molar-refractivity contribution in [2.75, 3.05) is 6.54 Å². The van der Waals surface area contributed by atoms with Crippen LogP contribution in [0, 0.1) is 20.8 Å². The molecule has 0 aliphatic heterocycles. The number of aromatic nitrogens is 3. The maximum atomic E-state index is 13.0. The SMILES string of the molecule is Cc1ccc(Cn2cncc2CCNS(=O)(=O)c2cc(=O)n(Cc3cccc(C)c3)cc2C)cc1. The number of nitrogens with one attached hydrogen (secondary N) is 1. The highest BCUT2D eigenvalue weighted by Crippen LogP contribution is 2.14. The average Bonchev–Trinajstić information content (AvgIpc) is 3.24. The molecule has 0 aliphatic rings. The molecule has 0 spiro atoms. The molecule has 182 valence electrons. The largest absolute Gasteiger partial charge is 0.330 e. The Labute approximate surface area is 206 Å². The summed E-state index contributed by atoms with van der Waals surface area (Å²) in [6, 6.07) is 17.4. The van der Waals surface area contributed by atoms with E-state index in [2.05, 4.69) is 34.0 Å². The van der Waals surface area contributed by atoms with E-state index < -0.39 is 10.0 Å². The van der Waals surface area contributed by atoms with Gasteiger partial charge >= 0.3 is 0 Å². The average molecular weight is 491 g/mol. The molecule has 0 saturated carbocycles. The standard InChI is InChI=1S/C27H30N4O3S/c1-20-7-9-23(10-8-20)17-31-19-28-15-25(31)11-12-29-35(33,34)26-14-27(32)30(16-22(26)3)18-24-6-4-5-21(2)13-24/h4-10,13-16,19,29H,11-12,17-18H2,1-3H3. The van der Waals surface area contributed by atoms with E-state index in [-0.39, 0.29) is 17.0 Å². The molecule has 0 atom stereocenters. The Hall–Kier alpha value is -3.49. The van der Waals surface area contributed by atoms with Crippen LogP contribution in [0.25, 0.3) is 0 Å². The fraction of sp³-hybridized carbons (Fsp3) is 0.259. The fourth-order valence-electron chi connectivity index (χ4n) is 4.07. The molecule has 8 heteroatoms. The van der Waals surface area contributed by atoms with Crippen LogP contribution in [-0.2, 0) is 29.5 Å². The van der Waals surface area contributed by atoms with E-state index in [1.54, 1.807) is 25.6 Å². The Kier molecular flexibility index (Phi) is 7.33. The van der Waals surface area contributed by atoms with Crippen LogP contribution < -0.4 is 10.3 Å². The van der Waals surface area contributed by atoms with Crippen LogP contribution in [0.5, 0.6) is 0 Å². The van der Waals surface area contributed by atoms with Gasteiger partial charge in [0.25, 0.3) is 5.56 Å². The Morgan fingerprint density at radius 1 is 0.886 bits per heavy atom. The predicted molar refractivity (Wildman–Crippen MR) is 137 cm³/mol. The van der Waals surface area contributed by atoms with Gasteiger partial charge in [-0.1, -0.05) is 59.7 Å². The van der Waals surface area contributed by atoms with Crippen molar-refractivity contribution in [3.8, 4) is 0 Å². The van der Waals surface area contributed by atoms with E-state index in [9.17, 15) is 13.2 Å². The first-order valence-electron chi connectivity index (χ1n) is 11.5. The zero-order valence-corrected chi connectivity index (χ0v) is 21.0. The molecule has 0 aliphatic carbocycles. The number of imidazole rings is 1. The van der Waals surface area contributed by atoms with Gasteiger partial charge in [0, 0.05) is 43.7 Å². The van der Waals surface area contributed by atoms with Gasteiger partial charge < -0.3 is 9.13 Å². The zero-order valence-electron chi connectivity index (χ0n) is 20.2. The van der Waals surface area contributed by atoms with Crippen LogP contribution in [0.2, 0.25) is 0 Å². The van der Waals surface area contributed by atoms with E-state index in [0.29, 0.717) is 25.1 Å². The van der Waals surface area contributed by atoms with Crippen LogP contribution in [0.15, 0.2) is 83.0 Å². The highest BCUT2D eigenvalue weighted by Gasteiger charge is 2.19. The second-order valence-corrected chi connectivity index (χ2v) is 10.7. The van der Waals surface area contributed by atoms with Gasteiger partial charge in [0.15, 0.2) is 0 Å². The van der Waals surface area contributed by atoms with Crippen molar-refractivity contribution in [2.24, 2.45) is 0 Å². The number of hydrogen-bond donors (Lipinski definition) is 1. The van der Waals surface area contributed by atoms with Gasteiger partial charge in [0.1, 0.15) is 0 Å². The van der Waals surface area contributed by atoms with E-state index in [0.717, 1.165) is 22.4 Å². The summed E-state index contributed by atoms with van der Waals surface area (Å²) in [5, 5.41) is 0. The highest BCUT2D eigenvalue weighted by molar-refractivity contribution is 7.89. The molecule has 0 unspecified atom stereocenters.